The number of carbonyl (C=O) groups excluding carboxylic acids is 1. The van der Waals surface area contributed by atoms with E-state index in [4.69, 9.17) is 0 Å². The third kappa shape index (κ3) is 4.99. The standard InChI is InChI=1S/C26H26F3N5O/c1-15-3-5-17(11-30-15)24-22(7-4-16(2)33-24)25(35)34-14-19-9-18(19)10-21(34)13-32-23-8-6-20(12-31-23)26(27,28)29/h3-8,11-12,18-19,21H,9-10,13-14H2,1-2H3,(H,31,32)/t18-,19+,21+/m1/s1. The first-order valence-electron chi connectivity index (χ1n) is 11.7. The molecule has 4 heterocycles. The zero-order valence-corrected chi connectivity index (χ0v) is 19.5. The Morgan fingerprint density at radius 3 is 2.49 bits per heavy atom. The van der Waals surface area contributed by atoms with Crippen LogP contribution >= 0.6 is 0 Å². The van der Waals surface area contributed by atoms with Crippen LogP contribution in [0.4, 0.5) is 19.0 Å². The molecule has 9 heteroatoms. The fraction of sp³-hybridized carbons (Fsp3) is 0.385. The van der Waals surface area contributed by atoms with Crippen LogP contribution in [0.2, 0.25) is 0 Å². The van der Waals surface area contributed by atoms with E-state index in [1.807, 2.05) is 43.0 Å². The smallest absolute Gasteiger partial charge is 0.368 e. The Bertz CT molecular complexity index is 1230. The van der Waals surface area contributed by atoms with Crippen LogP contribution < -0.4 is 5.32 Å². The molecule has 5 rings (SSSR count). The SMILES string of the molecule is Cc1ccc(-c2nc(C)ccc2C(=O)N2C[C@@H]3C[C@@H]3C[C@H]2CNc2ccc(C(F)(F)F)cn2)cn1. The van der Waals surface area contributed by atoms with Gasteiger partial charge in [0.05, 0.1) is 16.8 Å². The Kier molecular flexibility index (Phi) is 5.94. The number of fused-ring (bicyclic) bond motifs is 1. The van der Waals surface area contributed by atoms with Gasteiger partial charge in [-0.25, -0.2) is 4.98 Å². The zero-order chi connectivity index (χ0) is 24.7. The normalized spacial score (nSPS) is 21.4. The van der Waals surface area contributed by atoms with Crippen molar-refractivity contribution in [2.75, 3.05) is 18.4 Å². The quantitative estimate of drug-likeness (QED) is 0.547. The Hall–Kier alpha value is -3.49. The molecule has 3 atom stereocenters. The molecule has 2 fully saturated rings. The van der Waals surface area contributed by atoms with Crippen molar-refractivity contribution in [1.82, 2.24) is 19.9 Å². The van der Waals surface area contributed by atoms with Crippen LogP contribution in [0.5, 0.6) is 0 Å². The highest BCUT2D eigenvalue weighted by atomic mass is 19.4. The van der Waals surface area contributed by atoms with Gasteiger partial charge in [0.2, 0.25) is 0 Å². The van der Waals surface area contributed by atoms with Gasteiger partial charge in [-0.3, -0.25) is 14.8 Å². The maximum atomic E-state index is 13.8. The lowest BCUT2D eigenvalue weighted by molar-refractivity contribution is -0.137. The minimum atomic E-state index is -4.42. The molecule has 35 heavy (non-hydrogen) atoms. The van der Waals surface area contributed by atoms with Crippen LogP contribution in [0.15, 0.2) is 48.8 Å². The average molecular weight is 482 g/mol. The lowest BCUT2D eigenvalue weighted by atomic mass is 9.98. The number of rotatable bonds is 5. The van der Waals surface area contributed by atoms with E-state index < -0.39 is 11.7 Å². The number of aryl methyl sites for hydroxylation is 2. The van der Waals surface area contributed by atoms with Crippen LogP contribution in [0.3, 0.4) is 0 Å². The molecule has 1 aliphatic carbocycles. The second kappa shape index (κ2) is 8.94. The number of nitrogens with one attached hydrogen (secondary N) is 1. The predicted octanol–water partition coefficient (Wildman–Crippen LogP) is 5.14. The van der Waals surface area contributed by atoms with Gasteiger partial charge in [0.1, 0.15) is 5.82 Å². The van der Waals surface area contributed by atoms with Crippen molar-refractivity contribution in [2.45, 2.75) is 38.9 Å². The van der Waals surface area contributed by atoms with Crippen molar-refractivity contribution in [1.29, 1.82) is 0 Å². The van der Waals surface area contributed by atoms with Gasteiger partial charge in [0.25, 0.3) is 5.91 Å². The van der Waals surface area contributed by atoms with E-state index in [-0.39, 0.29) is 11.9 Å². The summed E-state index contributed by atoms with van der Waals surface area (Å²) in [6, 6.07) is 9.71. The molecule has 1 N–H and O–H groups in total. The molecular weight excluding hydrogens is 455 g/mol. The molecule has 0 radical (unpaired) electrons. The van der Waals surface area contributed by atoms with E-state index in [9.17, 15) is 18.0 Å². The van der Waals surface area contributed by atoms with Crippen LogP contribution in [-0.4, -0.2) is 44.9 Å². The van der Waals surface area contributed by atoms with Crippen LogP contribution in [0, 0.1) is 25.7 Å². The molecule has 1 amide bonds. The number of anilines is 1. The summed E-state index contributed by atoms with van der Waals surface area (Å²) >= 11 is 0. The van der Waals surface area contributed by atoms with Gasteiger partial charge in [-0.05, 0) is 74.9 Å². The number of amides is 1. The molecule has 1 saturated heterocycles. The van der Waals surface area contributed by atoms with E-state index >= 15 is 0 Å². The first kappa shape index (κ1) is 23.3. The van der Waals surface area contributed by atoms with Crippen molar-refractivity contribution in [2.24, 2.45) is 11.8 Å². The Morgan fingerprint density at radius 1 is 1.00 bits per heavy atom. The summed E-state index contributed by atoms with van der Waals surface area (Å²) < 4.78 is 38.5. The second-order valence-electron chi connectivity index (χ2n) is 9.45. The number of aromatic nitrogens is 3. The average Bonchev–Trinajstić information content (AvgIpc) is 3.60. The lowest BCUT2D eigenvalue weighted by Crippen LogP contribution is -2.48. The molecule has 1 saturated carbocycles. The Morgan fingerprint density at radius 2 is 1.80 bits per heavy atom. The van der Waals surface area contributed by atoms with Gasteiger partial charge < -0.3 is 10.2 Å². The summed E-state index contributed by atoms with van der Waals surface area (Å²) in [5, 5.41) is 3.13. The van der Waals surface area contributed by atoms with Gasteiger partial charge in [0, 0.05) is 48.5 Å². The number of likely N-dealkylation sites (tertiary alicyclic amines) is 1. The first-order valence-corrected chi connectivity index (χ1v) is 11.7. The summed E-state index contributed by atoms with van der Waals surface area (Å²) in [5.74, 6) is 1.35. The number of nitrogens with zero attached hydrogens (tertiary/aromatic N) is 4. The molecule has 0 spiro atoms. The van der Waals surface area contributed by atoms with Gasteiger partial charge in [-0.2, -0.15) is 13.2 Å². The number of halogens is 3. The van der Waals surface area contributed by atoms with Gasteiger partial charge in [0.15, 0.2) is 0 Å². The number of hydrogen-bond acceptors (Lipinski definition) is 5. The fourth-order valence-electron chi connectivity index (χ4n) is 4.74. The lowest BCUT2D eigenvalue weighted by Gasteiger charge is -2.36. The molecule has 2 aliphatic rings. The molecule has 0 aromatic carbocycles. The molecule has 0 unspecified atom stereocenters. The van der Waals surface area contributed by atoms with E-state index in [0.29, 0.717) is 42.0 Å². The van der Waals surface area contributed by atoms with Crippen molar-refractivity contribution >= 4 is 11.7 Å². The highest BCUT2D eigenvalue weighted by Gasteiger charge is 2.47. The van der Waals surface area contributed by atoms with Gasteiger partial charge >= 0.3 is 6.18 Å². The molecule has 6 nitrogen and oxygen atoms in total. The highest BCUT2D eigenvalue weighted by molar-refractivity contribution is 6.00. The van der Waals surface area contributed by atoms with Crippen LogP contribution in [0.25, 0.3) is 11.3 Å². The number of pyridine rings is 3. The molecule has 1 aliphatic heterocycles. The maximum absolute atomic E-state index is 13.8. The van der Waals surface area contributed by atoms with Gasteiger partial charge in [-0.1, -0.05) is 0 Å². The first-order chi connectivity index (χ1) is 16.7. The third-order valence-corrected chi connectivity index (χ3v) is 6.84. The second-order valence-corrected chi connectivity index (χ2v) is 9.45. The van der Waals surface area contributed by atoms with Crippen molar-refractivity contribution in [3.8, 4) is 11.3 Å². The van der Waals surface area contributed by atoms with E-state index in [2.05, 4.69) is 20.3 Å². The third-order valence-electron chi connectivity index (χ3n) is 6.84. The summed E-state index contributed by atoms with van der Waals surface area (Å²) in [6.07, 6.45) is 0.0789. The zero-order valence-electron chi connectivity index (χ0n) is 19.5. The largest absolute Gasteiger partial charge is 0.417 e. The summed E-state index contributed by atoms with van der Waals surface area (Å²) in [5.41, 5.74) is 2.82. The Labute approximate surface area is 201 Å². The molecule has 0 bridgehead atoms. The van der Waals surface area contributed by atoms with Crippen molar-refractivity contribution in [3.05, 3.63) is 71.3 Å². The molecular formula is C26H26F3N5O. The number of piperidine rings is 1. The molecule has 3 aromatic heterocycles. The molecule has 182 valence electrons. The minimum Gasteiger partial charge on any atom is -0.368 e. The molecule has 3 aromatic rings. The predicted molar refractivity (Wildman–Crippen MR) is 126 cm³/mol. The van der Waals surface area contributed by atoms with Gasteiger partial charge in [-0.15, -0.1) is 0 Å². The van der Waals surface area contributed by atoms with Crippen molar-refractivity contribution in [3.63, 3.8) is 0 Å². The summed E-state index contributed by atoms with van der Waals surface area (Å²) in [6.45, 7) is 4.87. The van der Waals surface area contributed by atoms with Crippen molar-refractivity contribution < 1.29 is 18.0 Å². The van der Waals surface area contributed by atoms with E-state index in [0.717, 1.165) is 42.1 Å². The van der Waals surface area contributed by atoms with Crippen LogP contribution in [-0.2, 0) is 6.18 Å². The van der Waals surface area contributed by atoms with Crippen LogP contribution in [0.1, 0.15) is 40.2 Å². The number of carbonyl (C=O) groups is 1. The van der Waals surface area contributed by atoms with E-state index in [1.165, 1.54) is 6.07 Å². The summed E-state index contributed by atoms with van der Waals surface area (Å²) in [7, 11) is 0. The highest BCUT2D eigenvalue weighted by Crippen LogP contribution is 2.47. The Balaban J connectivity index is 1.37. The maximum Gasteiger partial charge on any atom is 0.417 e. The minimum absolute atomic E-state index is 0.0920. The number of hydrogen-bond donors (Lipinski definition) is 1. The topological polar surface area (TPSA) is 71.0 Å². The monoisotopic (exact) mass is 481 g/mol. The van der Waals surface area contributed by atoms with E-state index in [1.54, 1.807) is 6.20 Å². The summed E-state index contributed by atoms with van der Waals surface area (Å²) in [4.78, 5) is 28.6. The fourth-order valence-corrected chi connectivity index (χ4v) is 4.74. The number of alkyl halides is 3.